The number of nitrogens with zero attached hydrogens (tertiary/aromatic N) is 6. The number of anilines is 1. The van der Waals surface area contributed by atoms with Crippen LogP contribution in [0.25, 0.3) is 17.2 Å². The van der Waals surface area contributed by atoms with Crippen LogP contribution < -0.4 is 5.32 Å². The molecule has 0 radical (unpaired) electrons. The monoisotopic (exact) mass is 377 g/mol. The maximum atomic E-state index is 12.6. The van der Waals surface area contributed by atoms with E-state index in [1.807, 2.05) is 31.4 Å². The number of hydrogen-bond donors (Lipinski definition) is 1. The molecule has 1 amide bonds. The third-order valence-corrected chi connectivity index (χ3v) is 4.85. The van der Waals surface area contributed by atoms with Gasteiger partial charge in [-0.25, -0.2) is 9.97 Å². The minimum atomic E-state index is -0.361. The molecule has 9 heteroatoms. The second-order valence-corrected chi connectivity index (χ2v) is 6.67. The summed E-state index contributed by atoms with van der Waals surface area (Å²) in [4.78, 5) is 25.7. The van der Waals surface area contributed by atoms with E-state index in [4.69, 9.17) is 0 Å². The van der Waals surface area contributed by atoms with Gasteiger partial charge in [0.05, 0.1) is 11.9 Å². The highest BCUT2D eigenvalue weighted by Crippen LogP contribution is 2.27. The minimum absolute atomic E-state index is 0.273. The van der Waals surface area contributed by atoms with E-state index in [-0.39, 0.29) is 11.6 Å². The van der Waals surface area contributed by atoms with E-state index >= 15 is 0 Å². The molecule has 8 nitrogen and oxygen atoms in total. The minimum Gasteiger partial charge on any atom is -0.296 e. The van der Waals surface area contributed by atoms with Gasteiger partial charge in [0, 0.05) is 17.8 Å². The number of thiazole rings is 1. The first-order valence-electron chi connectivity index (χ1n) is 8.15. The molecular weight excluding hydrogens is 362 g/mol. The van der Waals surface area contributed by atoms with Crippen molar-refractivity contribution < 1.29 is 4.79 Å². The maximum Gasteiger partial charge on any atom is 0.277 e. The molecule has 4 aromatic rings. The van der Waals surface area contributed by atoms with Gasteiger partial charge in [0.1, 0.15) is 5.69 Å². The predicted octanol–water partition coefficient (Wildman–Crippen LogP) is 3.05. The summed E-state index contributed by atoms with van der Waals surface area (Å²) in [5.41, 5.74) is 4.03. The highest BCUT2D eigenvalue weighted by atomic mass is 32.1. The van der Waals surface area contributed by atoms with Crippen LogP contribution in [0.3, 0.4) is 0 Å². The Morgan fingerprint density at radius 3 is 2.85 bits per heavy atom. The number of carbonyl (C=O) groups excluding carboxylic acids is 1. The summed E-state index contributed by atoms with van der Waals surface area (Å²) in [6.45, 7) is 4.04. The number of nitrogens with one attached hydrogen (secondary N) is 1. The smallest absolute Gasteiger partial charge is 0.277 e. The molecule has 1 N–H and O–H groups in total. The number of rotatable bonds is 4. The molecule has 0 aliphatic heterocycles. The summed E-state index contributed by atoms with van der Waals surface area (Å²) >= 11 is 1.34. The summed E-state index contributed by atoms with van der Waals surface area (Å²) in [7, 11) is 0. The van der Waals surface area contributed by atoms with Gasteiger partial charge in [-0.15, -0.1) is 16.4 Å². The Labute approximate surface area is 159 Å². The van der Waals surface area contributed by atoms with Crippen molar-refractivity contribution in [2.45, 2.75) is 13.8 Å². The maximum absolute atomic E-state index is 12.6. The third-order valence-electron chi connectivity index (χ3n) is 4.09. The zero-order chi connectivity index (χ0) is 18.8. The Balaban J connectivity index is 1.58. The molecule has 4 aromatic heterocycles. The molecule has 0 bridgehead atoms. The molecule has 0 saturated heterocycles. The van der Waals surface area contributed by atoms with Gasteiger partial charge in [-0.2, -0.15) is 4.68 Å². The van der Waals surface area contributed by atoms with E-state index in [0.29, 0.717) is 10.9 Å². The summed E-state index contributed by atoms with van der Waals surface area (Å²) in [6, 6.07) is 7.31. The van der Waals surface area contributed by atoms with Gasteiger partial charge in [-0.05, 0) is 43.2 Å². The van der Waals surface area contributed by atoms with E-state index in [2.05, 4.69) is 30.6 Å². The molecule has 0 aromatic carbocycles. The van der Waals surface area contributed by atoms with Crippen LogP contribution in [0.1, 0.15) is 21.6 Å². The largest absolute Gasteiger partial charge is 0.296 e. The molecule has 27 heavy (non-hydrogen) atoms. The molecule has 0 unspecified atom stereocenters. The number of pyridine rings is 2. The molecule has 0 aliphatic carbocycles. The average molecular weight is 377 g/mol. The summed E-state index contributed by atoms with van der Waals surface area (Å²) in [5.74, 6) is 0.153. The van der Waals surface area contributed by atoms with Crippen molar-refractivity contribution in [2.24, 2.45) is 0 Å². The Morgan fingerprint density at radius 1 is 1.15 bits per heavy atom. The molecule has 4 heterocycles. The summed E-state index contributed by atoms with van der Waals surface area (Å²) < 4.78 is 1.39. The van der Waals surface area contributed by atoms with Crippen LogP contribution in [0, 0.1) is 13.8 Å². The van der Waals surface area contributed by atoms with Gasteiger partial charge >= 0.3 is 0 Å². The van der Waals surface area contributed by atoms with Crippen molar-refractivity contribution in [3.63, 3.8) is 0 Å². The van der Waals surface area contributed by atoms with Crippen molar-refractivity contribution in [1.82, 2.24) is 29.9 Å². The molecule has 0 saturated carbocycles. The molecule has 134 valence electrons. The van der Waals surface area contributed by atoms with Crippen LogP contribution in [0.2, 0.25) is 0 Å². The third kappa shape index (κ3) is 3.32. The van der Waals surface area contributed by atoms with Crippen molar-refractivity contribution in [2.75, 3.05) is 5.32 Å². The molecule has 4 rings (SSSR count). The average Bonchev–Trinajstić information content (AvgIpc) is 3.34. The van der Waals surface area contributed by atoms with E-state index in [1.165, 1.54) is 22.2 Å². The van der Waals surface area contributed by atoms with Crippen LogP contribution in [0.5, 0.6) is 0 Å². The van der Waals surface area contributed by atoms with Crippen LogP contribution in [0.15, 0.2) is 48.2 Å². The van der Waals surface area contributed by atoms with Crippen molar-refractivity contribution >= 4 is 22.4 Å². The van der Waals surface area contributed by atoms with Gasteiger partial charge in [-0.1, -0.05) is 11.3 Å². The van der Waals surface area contributed by atoms with Gasteiger partial charge in [0.2, 0.25) is 0 Å². The van der Waals surface area contributed by atoms with Crippen molar-refractivity contribution in [3.8, 4) is 17.2 Å². The molecule has 0 aliphatic rings. The SMILES string of the molecule is Cc1ccnc(-c2csc(NC(=O)c3cnnn3-c3ccccn3)n2)c1C. The summed E-state index contributed by atoms with van der Waals surface area (Å²) in [5, 5.41) is 12.9. The lowest BCUT2D eigenvalue weighted by Gasteiger charge is -2.05. The first-order valence-corrected chi connectivity index (χ1v) is 9.03. The fourth-order valence-corrected chi connectivity index (χ4v) is 3.22. The van der Waals surface area contributed by atoms with E-state index in [1.54, 1.807) is 24.5 Å². The molecule has 0 fully saturated rings. The molecular formula is C18H15N7OS. The standard InChI is InChI=1S/C18H15N7OS/c1-11-6-8-20-16(12(11)2)13-10-27-18(22-13)23-17(26)14-9-21-24-25(14)15-5-3-4-7-19-15/h3-10H,1-2H3,(H,22,23,26). The lowest BCUT2D eigenvalue weighted by molar-refractivity contribution is 0.101. The fourth-order valence-electron chi connectivity index (χ4n) is 2.53. The number of aryl methyl sites for hydroxylation is 1. The number of hydrogen-bond acceptors (Lipinski definition) is 7. The number of amides is 1. The lowest BCUT2D eigenvalue weighted by atomic mass is 10.1. The van der Waals surface area contributed by atoms with Crippen molar-refractivity contribution in [1.29, 1.82) is 0 Å². The Kier molecular flexibility index (Phi) is 4.43. The van der Waals surface area contributed by atoms with Gasteiger partial charge in [-0.3, -0.25) is 15.1 Å². The summed E-state index contributed by atoms with van der Waals surface area (Å²) in [6.07, 6.45) is 4.78. The predicted molar refractivity (Wildman–Crippen MR) is 102 cm³/mol. The Morgan fingerprint density at radius 2 is 2.04 bits per heavy atom. The zero-order valence-corrected chi connectivity index (χ0v) is 15.4. The molecule has 0 spiro atoms. The van der Waals surface area contributed by atoms with Crippen LogP contribution in [-0.2, 0) is 0 Å². The van der Waals surface area contributed by atoms with Gasteiger partial charge in [0.25, 0.3) is 5.91 Å². The van der Waals surface area contributed by atoms with E-state index in [9.17, 15) is 4.79 Å². The van der Waals surface area contributed by atoms with Crippen LogP contribution >= 0.6 is 11.3 Å². The van der Waals surface area contributed by atoms with Gasteiger partial charge < -0.3 is 0 Å². The second kappa shape index (κ2) is 7.04. The van der Waals surface area contributed by atoms with Crippen molar-refractivity contribution in [3.05, 3.63) is 65.1 Å². The number of aromatic nitrogens is 6. The number of carbonyl (C=O) groups is 1. The van der Waals surface area contributed by atoms with Crippen LogP contribution in [0.4, 0.5) is 5.13 Å². The Bertz CT molecular complexity index is 1100. The Hall–Kier alpha value is -3.46. The lowest BCUT2D eigenvalue weighted by Crippen LogP contribution is -2.17. The quantitative estimate of drug-likeness (QED) is 0.587. The van der Waals surface area contributed by atoms with E-state index in [0.717, 1.165) is 22.5 Å². The zero-order valence-electron chi connectivity index (χ0n) is 14.6. The normalized spacial score (nSPS) is 10.7. The fraction of sp³-hybridized carbons (Fsp3) is 0.111. The first kappa shape index (κ1) is 17.0. The topological polar surface area (TPSA) is 98.5 Å². The molecule has 0 atom stereocenters. The van der Waals surface area contributed by atoms with Crippen LogP contribution in [-0.4, -0.2) is 35.9 Å². The first-order chi connectivity index (χ1) is 13.1. The highest BCUT2D eigenvalue weighted by molar-refractivity contribution is 7.14. The van der Waals surface area contributed by atoms with E-state index < -0.39 is 0 Å². The highest BCUT2D eigenvalue weighted by Gasteiger charge is 2.17. The second-order valence-electron chi connectivity index (χ2n) is 5.81. The van der Waals surface area contributed by atoms with Gasteiger partial charge in [0.15, 0.2) is 16.6 Å².